The minimum absolute atomic E-state index is 0.0111. The highest BCUT2D eigenvalue weighted by molar-refractivity contribution is 5.45. The number of rotatable bonds is 0. The third-order valence-corrected chi connectivity index (χ3v) is 4.03. The van der Waals surface area contributed by atoms with E-state index in [1.165, 1.54) is 11.1 Å². The van der Waals surface area contributed by atoms with Crippen molar-refractivity contribution in [3.8, 4) is 0 Å². The Bertz CT molecular complexity index is 352. The second-order valence-electron chi connectivity index (χ2n) is 5.75. The molecule has 2 nitrogen and oxygen atoms in total. The van der Waals surface area contributed by atoms with Crippen molar-refractivity contribution < 1.29 is 9.84 Å². The van der Waals surface area contributed by atoms with Gasteiger partial charge in [-0.3, -0.25) is 0 Å². The Morgan fingerprint density at radius 3 is 2.67 bits per heavy atom. The van der Waals surface area contributed by atoms with E-state index in [-0.39, 0.29) is 11.5 Å². The van der Waals surface area contributed by atoms with E-state index in [1.54, 1.807) is 0 Å². The standard InChI is InChI=1S/C13H18O2/c1-13(2)5-8-3-9-6-15-7-10(9)4-11(8)12(13)14/h3-4,9-10,12,14H,5-7H2,1-2H3. The van der Waals surface area contributed by atoms with Crippen LogP contribution in [0.2, 0.25) is 0 Å². The van der Waals surface area contributed by atoms with Crippen molar-refractivity contribution in [3.63, 3.8) is 0 Å². The van der Waals surface area contributed by atoms with Crippen molar-refractivity contribution in [2.45, 2.75) is 26.4 Å². The first-order valence-electron chi connectivity index (χ1n) is 5.76. The quantitative estimate of drug-likeness (QED) is 0.656. The monoisotopic (exact) mass is 206 g/mol. The van der Waals surface area contributed by atoms with Crippen LogP contribution in [-0.4, -0.2) is 24.4 Å². The zero-order valence-electron chi connectivity index (χ0n) is 9.36. The molecule has 82 valence electrons. The molecule has 2 fully saturated rings. The van der Waals surface area contributed by atoms with Crippen LogP contribution < -0.4 is 0 Å². The van der Waals surface area contributed by atoms with E-state index in [2.05, 4.69) is 26.0 Å². The molecular formula is C13H18O2. The van der Waals surface area contributed by atoms with Gasteiger partial charge in [0.05, 0.1) is 19.3 Å². The number of fused-ring (bicyclic) bond motifs is 2. The fourth-order valence-electron chi connectivity index (χ4n) is 3.06. The molecule has 0 aromatic heterocycles. The molecule has 0 spiro atoms. The number of ether oxygens (including phenoxy) is 1. The smallest absolute Gasteiger partial charge is 0.0843 e. The molecule has 3 aliphatic rings. The molecule has 3 unspecified atom stereocenters. The molecule has 1 saturated carbocycles. The van der Waals surface area contributed by atoms with E-state index in [9.17, 15) is 5.11 Å². The van der Waals surface area contributed by atoms with Crippen LogP contribution >= 0.6 is 0 Å². The Morgan fingerprint density at radius 2 is 1.93 bits per heavy atom. The molecule has 0 aromatic carbocycles. The van der Waals surface area contributed by atoms with E-state index < -0.39 is 0 Å². The average Bonchev–Trinajstić information content (AvgIpc) is 2.68. The minimum Gasteiger partial charge on any atom is -0.388 e. The summed E-state index contributed by atoms with van der Waals surface area (Å²) in [7, 11) is 0. The molecule has 3 atom stereocenters. The van der Waals surface area contributed by atoms with Crippen LogP contribution in [0.5, 0.6) is 0 Å². The summed E-state index contributed by atoms with van der Waals surface area (Å²) in [6, 6.07) is 0. The zero-order valence-corrected chi connectivity index (χ0v) is 9.36. The van der Waals surface area contributed by atoms with Gasteiger partial charge in [-0.1, -0.05) is 26.0 Å². The van der Waals surface area contributed by atoms with Gasteiger partial charge in [0.2, 0.25) is 0 Å². The van der Waals surface area contributed by atoms with Crippen LogP contribution in [0.4, 0.5) is 0 Å². The first-order chi connectivity index (χ1) is 7.08. The highest BCUT2D eigenvalue weighted by Crippen LogP contribution is 2.48. The van der Waals surface area contributed by atoms with Crippen molar-refractivity contribution in [2.75, 3.05) is 13.2 Å². The van der Waals surface area contributed by atoms with Gasteiger partial charge in [0.25, 0.3) is 0 Å². The minimum atomic E-state index is -0.287. The molecule has 1 N–H and O–H groups in total. The number of aliphatic hydroxyl groups is 1. The van der Waals surface area contributed by atoms with Crippen molar-refractivity contribution >= 4 is 0 Å². The number of hydrogen-bond donors (Lipinski definition) is 1. The van der Waals surface area contributed by atoms with Crippen molar-refractivity contribution in [1.82, 2.24) is 0 Å². The van der Waals surface area contributed by atoms with Crippen LogP contribution in [0.1, 0.15) is 20.3 Å². The van der Waals surface area contributed by atoms with Crippen molar-refractivity contribution in [3.05, 3.63) is 23.3 Å². The van der Waals surface area contributed by atoms with Crippen LogP contribution in [-0.2, 0) is 4.74 Å². The molecule has 15 heavy (non-hydrogen) atoms. The highest BCUT2D eigenvalue weighted by atomic mass is 16.5. The molecular weight excluding hydrogens is 188 g/mol. The van der Waals surface area contributed by atoms with Gasteiger partial charge in [-0.2, -0.15) is 0 Å². The third-order valence-electron chi connectivity index (χ3n) is 4.03. The molecule has 3 rings (SSSR count). The Kier molecular flexibility index (Phi) is 1.89. The molecule has 2 heteroatoms. The van der Waals surface area contributed by atoms with Gasteiger partial charge in [-0.05, 0) is 23.0 Å². The van der Waals surface area contributed by atoms with E-state index in [4.69, 9.17) is 4.74 Å². The maximum absolute atomic E-state index is 10.2. The maximum Gasteiger partial charge on any atom is 0.0843 e. The summed E-state index contributed by atoms with van der Waals surface area (Å²) in [5.74, 6) is 1.07. The molecule has 0 amide bonds. The second kappa shape index (κ2) is 2.96. The summed E-state index contributed by atoms with van der Waals surface area (Å²) in [5.41, 5.74) is 2.54. The van der Waals surface area contributed by atoms with Gasteiger partial charge in [0.1, 0.15) is 0 Å². The summed E-state index contributed by atoms with van der Waals surface area (Å²) < 4.78 is 5.47. The van der Waals surface area contributed by atoms with Crippen molar-refractivity contribution in [1.29, 1.82) is 0 Å². The first-order valence-corrected chi connectivity index (χ1v) is 5.76. The zero-order chi connectivity index (χ0) is 10.6. The number of hydrogen-bond acceptors (Lipinski definition) is 2. The molecule has 0 aromatic rings. The average molecular weight is 206 g/mol. The Morgan fingerprint density at radius 1 is 1.27 bits per heavy atom. The lowest BCUT2D eigenvalue weighted by Gasteiger charge is -2.23. The summed E-state index contributed by atoms with van der Waals surface area (Å²) in [5, 5.41) is 10.2. The Labute approximate surface area is 90.6 Å². The predicted molar refractivity (Wildman–Crippen MR) is 58.4 cm³/mol. The first kappa shape index (κ1) is 9.61. The van der Waals surface area contributed by atoms with E-state index in [0.29, 0.717) is 11.8 Å². The normalized spacial score (nSPS) is 41.9. The largest absolute Gasteiger partial charge is 0.388 e. The van der Waals surface area contributed by atoms with Crippen LogP contribution in [0.25, 0.3) is 0 Å². The van der Waals surface area contributed by atoms with Gasteiger partial charge in [-0.25, -0.2) is 0 Å². The van der Waals surface area contributed by atoms with Gasteiger partial charge in [0.15, 0.2) is 0 Å². The number of aliphatic hydroxyl groups excluding tert-OH is 1. The van der Waals surface area contributed by atoms with Crippen LogP contribution in [0, 0.1) is 17.3 Å². The van der Waals surface area contributed by atoms with Gasteiger partial charge >= 0.3 is 0 Å². The molecule has 1 aliphatic heterocycles. The maximum atomic E-state index is 10.2. The second-order valence-corrected chi connectivity index (χ2v) is 5.75. The Balaban J connectivity index is 1.99. The van der Waals surface area contributed by atoms with E-state index in [0.717, 1.165) is 19.6 Å². The predicted octanol–water partition coefficient (Wildman–Crippen LogP) is 1.91. The summed E-state index contributed by atoms with van der Waals surface area (Å²) in [6.07, 6.45) is 5.31. The molecule has 1 saturated heterocycles. The fraction of sp³-hybridized carbons (Fsp3) is 0.692. The molecule has 0 bridgehead atoms. The van der Waals surface area contributed by atoms with Gasteiger partial charge in [0, 0.05) is 11.8 Å². The molecule has 2 aliphatic carbocycles. The lowest BCUT2D eigenvalue weighted by Crippen LogP contribution is -2.24. The fourth-order valence-corrected chi connectivity index (χ4v) is 3.06. The lowest BCUT2D eigenvalue weighted by atomic mass is 9.85. The molecule has 0 radical (unpaired) electrons. The van der Waals surface area contributed by atoms with E-state index in [1.807, 2.05) is 0 Å². The Hall–Kier alpha value is -0.600. The summed E-state index contributed by atoms with van der Waals surface area (Å²) >= 11 is 0. The van der Waals surface area contributed by atoms with Crippen LogP contribution in [0.15, 0.2) is 23.3 Å². The highest BCUT2D eigenvalue weighted by Gasteiger charge is 2.43. The molecule has 1 heterocycles. The van der Waals surface area contributed by atoms with E-state index >= 15 is 0 Å². The SMILES string of the molecule is CC1(C)CC2=CC3COCC3C=C2C1O. The summed E-state index contributed by atoms with van der Waals surface area (Å²) in [4.78, 5) is 0. The van der Waals surface area contributed by atoms with Gasteiger partial charge < -0.3 is 9.84 Å². The third kappa shape index (κ3) is 1.31. The van der Waals surface area contributed by atoms with Crippen molar-refractivity contribution in [2.24, 2.45) is 17.3 Å². The van der Waals surface area contributed by atoms with Gasteiger partial charge in [-0.15, -0.1) is 0 Å². The topological polar surface area (TPSA) is 29.5 Å². The summed E-state index contributed by atoms with van der Waals surface area (Å²) in [6.45, 7) is 5.97. The lowest BCUT2D eigenvalue weighted by molar-refractivity contribution is 0.104. The van der Waals surface area contributed by atoms with Crippen LogP contribution in [0.3, 0.4) is 0 Å².